The van der Waals surface area contributed by atoms with Gasteiger partial charge in [0.2, 0.25) is 0 Å². The number of hydrogen-bond acceptors (Lipinski definition) is 2. The monoisotopic (exact) mass is 233 g/mol. The Kier molecular flexibility index (Phi) is 5.02. The van der Waals surface area contributed by atoms with E-state index in [0.29, 0.717) is 6.10 Å². The summed E-state index contributed by atoms with van der Waals surface area (Å²) in [5, 5.41) is 3.52. The van der Waals surface area contributed by atoms with Gasteiger partial charge in [0.25, 0.3) is 0 Å². The second-order valence-corrected chi connectivity index (χ2v) is 4.93. The average Bonchev–Trinajstić information content (AvgIpc) is 3.14. The highest BCUT2D eigenvalue weighted by atomic mass is 16.5. The van der Waals surface area contributed by atoms with Gasteiger partial charge in [-0.05, 0) is 44.7 Å². The molecule has 0 radical (unpaired) electrons. The van der Waals surface area contributed by atoms with E-state index >= 15 is 0 Å². The first-order valence-corrected chi connectivity index (χ1v) is 6.73. The number of ether oxygens (including phenoxy) is 1. The highest BCUT2D eigenvalue weighted by Gasteiger charge is 2.19. The van der Waals surface area contributed by atoms with Crippen LogP contribution in [0.3, 0.4) is 0 Å². The second-order valence-electron chi connectivity index (χ2n) is 4.93. The van der Waals surface area contributed by atoms with E-state index in [2.05, 4.69) is 42.6 Å². The number of hydrogen-bond donors (Lipinski definition) is 1. The van der Waals surface area contributed by atoms with Gasteiger partial charge >= 0.3 is 0 Å². The van der Waals surface area contributed by atoms with Crippen molar-refractivity contribution in [2.24, 2.45) is 0 Å². The van der Waals surface area contributed by atoms with E-state index in [-0.39, 0.29) is 0 Å². The van der Waals surface area contributed by atoms with Gasteiger partial charge in [0, 0.05) is 6.04 Å². The molecule has 17 heavy (non-hydrogen) atoms. The molecule has 0 aliphatic heterocycles. The molecule has 1 aliphatic rings. The lowest BCUT2D eigenvalue weighted by atomic mass is 10.2. The summed E-state index contributed by atoms with van der Waals surface area (Å²) in [7, 11) is 0. The lowest BCUT2D eigenvalue weighted by Crippen LogP contribution is -2.22. The normalized spacial score (nSPS) is 17.0. The molecular weight excluding hydrogens is 210 g/mol. The summed E-state index contributed by atoms with van der Waals surface area (Å²) < 4.78 is 5.81. The van der Waals surface area contributed by atoms with Crippen molar-refractivity contribution >= 4 is 0 Å². The van der Waals surface area contributed by atoms with Crippen molar-refractivity contribution < 1.29 is 4.74 Å². The third kappa shape index (κ3) is 5.33. The molecule has 2 rings (SSSR count). The topological polar surface area (TPSA) is 21.3 Å². The Bertz CT molecular complexity index is 308. The van der Waals surface area contributed by atoms with Gasteiger partial charge in [-0.3, -0.25) is 0 Å². The number of rotatable bonds is 8. The Morgan fingerprint density at radius 1 is 1.29 bits per heavy atom. The molecule has 1 aromatic rings. The van der Waals surface area contributed by atoms with E-state index in [0.717, 1.165) is 32.0 Å². The van der Waals surface area contributed by atoms with Crippen LogP contribution in [-0.4, -0.2) is 25.3 Å². The van der Waals surface area contributed by atoms with Crippen molar-refractivity contribution in [2.75, 3.05) is 13.2 Å². The molecule has 1 saturated carbocycles. The maximum Gasteiger partial charge on any atom is 0.0559 e. The zero-order chi connectivity index (χ0) is 11.9. The van der Waals surface area contributed by atoms with Crippen molar-refractivity contribution in [3.63, 3.8) is 0 Å². The summed E-state index contributed by atoms with van der Waals surface area (Å²) in [6.07, 6.45) is 5.23. The van der Waals surface area contributed by atoms with Gasteiger partial charge in [0.05, 0.1) is 12.7 Å². The van der Waals surface area contributed by atoms with Crippen LogP contribution in [0.2, 0.25) is 0 Å². The van der Waals surface area contributed by atoms with Crippen molar-refractivity contribution in [3.8, 4) is 0 Å². The summed E-state index contributed by atoms with van der Waals surface area (Å²) in [5.74, 6) is 0. The molecular formula is C15H23NO. The fourth-order valence-electron chi connectivity index (χ4n) is 1.88. The van der Waals surface area contributed by atoms with Gasteiger partial charge in [-0.2, -0.15) is 0 Å². The molecule has 0 amide bonds. The Morgan fingerprint density at radius 3 is 2.76 bits per heavy atom. The second kappa shape index (κ2) is 6.77. The van der Waals surface area contributed by atoms with Gasteiger partial charge in [0.15, 0.2) is 0 Å². The Labute approximate surface area is 104 Å². The predicted octanol–water partition coefficient (Wildman–Crippen LogP) is 2.78. The fourth-order valence-corrected chi connectivity index (χ4v) is 1.88. The van der Waals surface area contributed by atoms with E-state index in [1.807, 2.05) is 0 Å². The average molecular weight is 233 g/mol. The summed E-state index contributed by atoms with van der Waals surface area (Å²) in [6, 6.07) is 11.3. The first-order chi connectivity index (χ1) is 8.34. The summed E-state index contributed by atoms with van der Waals surface area (Å²) in [6.45, 7) is 4.09. The molecule has 94 valence electrons. The van der Waals surface area contributed by atoms with Gasteiger partial charge in [0.1, 0.15) is 0 Å². The minimum Gasteiger partial charge on any atom is -0.378 e. The van der Waals surface area contributed by atoms with Crippen molar-refractivity contribution in [3.05, 3.63) is 35.9 Å². The zero-order valence-electron chi connectivity index (χ0n) is 10.7. The minimum atomic E-state index is 0.366. The van der Waals surface area contributed by atoms with E-state index in [4.69, 9.17) is 4.74 Å². The maximum absolute atomic E-state index is 5.81. The standard InChI is InChI=1S/C15H23NO/c1-13(9-11-16-15-7-8-15)17-12-10-14-5-3-2-4-6-14/h2-6,13,15-16H,7-12H2,1H3. The van der Waals surface area contributed by atoms with Gasteiger partial charge < -0.3 is 10.1 Å². The molecule has 1 unspecified atom stereocenters. The van der Waals surface area contributed by atoms with Crippen LogP contribution in [0.5, 0.6) is 0 Å². The largest absolute Gasteiger partial charge is 0.378 e. The van der Waals surface area contributed by atoms with Crippen LogP contribution in [0.1, 0.15) is 31.7 Å². The third-order valence-electron chi connectivity index (χ3n) is 3.20. The quantitative estimate of drug-likeness (QED) is 0.745. The molecule has 0 spiro atoms. The number of benzene rings is 1. The molecule has 0 bridgehead atoms. The van der Waals surface area contributed by atoms with Crippen LogP contribution in [-0.2, 0) is 11.2 Å². The number of nitrogens with one attached hydrogen (secondary N) is 1. The Hall–Kier alpha value is -0.860. The van der Waals surface area contributed by atoms with Crippen LogP contribution in [0.4, 0.5) is 0 Å². The van der Waals surface area contributed by atoms with Crippen molar-refractivity contribution in [2.45, 2.75) is 44.8 Å². The summed E-state index contributed by atoms with van der Waals surface area (Å²) >= 11 is 0. The Balaban J connectivity index is 1.51. The highest BCUT2D eigenvalue weighted by Crippen LogP contribution is 2.18. The minimum absolute atomic E-state index is 0.366. The molecule has 0 aromatic heterocycles. The van der Waals surface area contributed by atoms with Gasteiger partial charge in [-0.1, -0.05) is 30.3 Å². The fraction of sp³-hybridized carbons (Fsp3) is 0.600. The molecule has 1 atom stereocenters. The van der Waals surface area contributed by atoms with Crippen molar-refractivity contribution in [1.82, 2.24) is 5.32 Å². The predicted molar refractivity (Wildman–Crippen MR) is 71.2 cm³/mol. The SMILES string of the molecule is CC(CCNC1CC1)OCCc1ccccc1. The highest BCUT2D eigenvalue weighted by molar-refractivity contribution is 5.14. The van der Waals surface area contributed by atoms with Crippen LogP contribution < -0.4 is 5.32 Å². The molecule has 0 saturated heterocycles. The van der Waals surface area contributed by atoms with E-state index in [1.165, 1.54) is 18.4 Å². The molecule has 1 aliphatic carbocycles. The molecule has 2 nitrogen and oxygen atoms in total. The van der Waals surface area contributed by atoms with Crippen LogP contribution >= 0.6 is 0 Å². The lowest BCUT2D eigenvalue weighted by molar-refractivity contribution is 0.0626. The van der Waals surface area contributed by atoms with Gasteiger partial charge in [-0.25, -0.2) is 0 Å². The summed E-state index contributed by atoms with van der Waals surface area (Å²) in [4.78, 5) is 0. The van der Waals surface area contributed by atoms with Gasteiger partial charge in [-0.15, -0.1) is 0 Å². The zero-order valence-corrected chi connectivity index (χ0v) is 10.7. The van der Waals surface area contributed by atoms with E-state index in [1.54, 1.807) is 0 Å². The Morgan fingerprint density at radius 2 is 2.06 bits per heavy atom. The van der Waals surface area contributed by atoms with Crippen LogP contribution in [0.25, 0.3) is 0 Å². The van der Waals surface area contributed by atoms with E-state index in [9.17, 15) is 0 Å². The first kappa shape index (κ1) is 12.6. The van der Waals surface area contributed by atoms with Crippen LogP contribution in [0, 0.1) is 0 Å². The third-order valence-corrected chi connectivity index (χ3v) is 3.20. The molecule has 0 heterocycles. The molecule has 1 N–H and O–H groups in total. The molecule has 1 fully saturated rings. The van der Waals surface area contributed by atoms with Crippen molar-refractivity contribution in [1.29, 1.82) is 0 Å². The summed E-state index contributed by atoms with van der Waals surface area (Å²) in [5.41, 5.74) is 1.36. The van der Waals surface area contributed by atoms with E-state index < -0.39 is 0 Å². The molecule has 1 aromatic carbocycles. The smallest absolute Gasteiger partial charge is 0.0559 e. The van der Waals surface area contributed by atoms with Crippen LogP contribution in [0.15, 0.2) is 30.3 Å². The molecule has 2 heteroatoms. The maximum atomic E-state index is 5.81. The first-order valence-electron chi connectivity index (χ1n) is 6.73. The lowest BCUT2D eigenvalue weighted by Gasteiger charge is -2.13.